The lowest BCUT2D eigenvalue weighted by molar-refractivity contribution is 0.0833. The van der Waals surface area contributed by atoms with Crippen LogP contribution in [0.2, 0.25) is 0 Å². The van der Waals surface area contributed by atoms with Gasteiger partial charge in [0.15, 0.2) is 5.78 Å². The Kier molecular flexibility index (Phi) is 3.84. The molecular weight excluding hydrogens is 227 g/mol. The Hall–Kier alpha value is -1.18. The van der Waals surface area contributed by atoms with Gasteiger partial charge in [0.05, 0.1) is 5.56 Å². The van der Waals surface area contributed by atoms with Gasteiger partial charge in [-0.05, 0) is 50.2 Å². The van der Waals surface area contributed by atoms with Gasteiger partial charge in [0.1, 0.15) is 5.82 Å². The standard InChI is InChI=1S/C16H21FO/c1-10-4-7-15(17)14(8-10)16(18)13-6-5-11(2)12(3)9-13/h4,7-8,11-13H,5-6,9H2,1-3H3. The lowest BCUT2D eigenvalue weighted by atomic mass is 9.73. The van der Waals surface area contributed by atoms with Gasteiger partial charge in [0, 0.05) is 5.92 Å². The predicted octanol–water partition coefficient (Wildman–Crippen LogP) is 4.39. The Bertz CT molecular complexity index is 452. The minimum Gasteiger partial charge on any atom is -0.294 e. The number of hydrogen-bond donors (Lipinski definition) is 0. The van der Waals surface area contributed by atoms with Crippen molar-refractivity contribution in [1.82, 2.24) is 0 Å². The molecule has 1 aromatic carbocycles. The molecule has 98 valence electrons. The molecular formula is C16H21FO. The highest BCUT2D eigenvalue weighted by molar-refractivity contribution is 5.98. The van der Waals surface area contributed by atoms with Crippen LogP contribution in [-0.2, 0) is 0 Å². The van der Waals surface area contributed by atoms with E-state index in [-0.39, 0.29) is 23.1 Å². The Labute approximate surface area is 108 Å². The average Bonchev–Trinajstić information content (AvgIpc) is 2.35. The number of rotatable bonds is 2. The maximum atomic E-state index is 13.7. The molecule has 18 heavy (non-hydrogen) atoms. The Morgan fingerprint density at radius 1 is 1.22 bits per heavy atom. The second-order valence-corrected chi connectivity index (χ2v) is 5.81. The SMILES string of the molecule is Cc1ccc(F)c(C(=O)C2CCC(C)C(C)C2)c1. The maximum absolute atomic E-state index is 13.7. The van der Waals surface area contributed by atoms with Crippen molar-refractivity contribution in [2.45, 2.75) is 40.0 Å². The van der Waals surface area contributed by atoms with E-state index in [9.17, 15) is 9.18 Å². The zero-order chi connectivity index (χ0) is 13.3. The summed E-state index contributed by atoms with van der Waals surface area (Å²) in [6.07, 6.45) is 2.87. The second kappa shape index (κ2) is 5.21. The fourth-order valence-corrected chi connectivity index (χ4v) is 2.83. The molecule has 1 aliphatic rings. The Balaban J connectivity index is 2.19. The zero-order valence-electron chi connectivity index (χ0n) is 11.4. The van der Waals surface area contributed by atoms with Crippen molar-refractivity contribution in [2.24, 2.45) is 17.8 Å². The van der Waals surface area contributed by atoms with Crippen molar-refractivity contribution >= 4 is 5.78 Å². The molecule has 0 aromatic heterocycles. The molecule has 0 aliphatic heterocycles. The highest BCUT2D eigenvalue weighted by Gasteiger charge is 2.30. The smallest absolute Gasteiger partial charge is 0.168 e. The number of hydrogen-bond acceptors (Lipinski definition) is 1. The molecule has 2 heteroatoms. The first-order valence-corrected chi connectivity index (χ1v) is 6.79. The Morgan fingerprint density at radius 2 is 1.94 bits per heavy atom. The molecule has 0 amide bonds. The van der Waals surface area contributed by atoms with Crippen LogP contribution in [0.4, 0.5) is 4.39 Å². The normalized spacial score (nSPS) is 28.1. The monoisotopic (exact) mass is 248 g/mol. The van der Waals surface area contributed by atoms with Crippen molar-refractivity contribution in [3.63, 3.8) is 0 Å². The number of Topliss-reactive ketones (excluding diaryl/α,β-unsaturated/α-hetero) is 1. The van der Waals surface area contributed by atoms with E-state index in [1.54, 1.807) is 12.1 Å². The Morgan fingerprint density at radius 3 is 2.61 bits per heavy atom. The van der Waals surface area contributed by atoms with Gasteiger partial charge in [-0.2, -0.15) is 0 Å². The predicted molar refractivity (Wildman–Crippen MR) is 71.1 cm³/mol. The van der Waals surface area contributed by atoms with Gasteiger partial charge in [0.25, 0.3) is 0 Å². The number of carbonyl (C=O) groups is 1. The zero-order valence-corrected chi connectivity index (χ0v) is 11.4. The van der Waals surface area contributed by atoms with E-state index in [4.69, 9.17) is 0 Å². The largest absolute Gasteiger partial charge is 0.294 e. The number of carbonyl (C=O) groups excluding carboxylic acids is 1. The summed E-state index contributed by atoms with van der Waals surface area (Å²) in [4.78, 5) is 12.4. The first-order valence-electron chi connectivity index (χ1n) is 6.79. The van der Waals surface area contributed by atoms with E-state index >= 15 is 0 Å². The van der Waals surface area contributed by atoms with Crippen molar-refractivity contribution in [3.8, 4) is 0 Å². The van der Waals surface area contributed by atoms with Gasteiger partial charge >= 0.3 is 0 Å². The van der Waals surface area contributed by atoms with Gasteiger partial charge in [0.2, 0.25) is 0 Å². The third-order valence-corrected chi connectivity index (χ3v) is 4.36. The van der Waals surface area contributed by atoms with Crippen LogP contribution in [-0.4, -0.2) is 5.78 Å². The van der Waals surface area contributed by atoms with Crippen molar-refractivity contribution in [2.75, 3.05) is 0 Å². The summed E-state index contributed by atoms with van der Waals surface area (Å²) in [7, 11) is 0. The van der Waals surface area contributed by atoms with Gasteiger partial charge in [-0.15, -0.1) is 0 Å². The average molecular weight is 248 g/mol. The molecule has 3 atom stereocenters. The van der Waals surface area contributed by atoms with Crippen molar-refractivity contribution < 1.29 is 9.18 Å². The lowest BCUT2D eigenvalue weighted by Crippen LogP contribution is -2.27. The van der Waals surface area contributed by atoms with E-state index in [1.807, 2.05) is 6.92 Å². The summed E-state index contributed by atoms with van der Waals surface area (Å²) < 4.78 is 13.7. The number of aryl methyl sites for hydroxylation is 1. The first kappa shape index (κ1) is 13.3. The number of ketones is 1. The van der Waals surface area contributed by atoms with E-state index in [2.05, 4.69) is 13.8 Å². The summed E-state index contributed by atoms with van der Waals surface area (Å²) in [5, 5.41) is 0. The van der Waals surface area contributed by atoms with E-state index in [0.717, 1.165) is 24.8 Å². The van der Waals surface area contributed by atoms with Gasteiger partial charge in [-0.25, -0.2) is 4.39 Å². The molecule has 2 rings (SSSR count). The molecule has 1 aliphatic carbocycles. The first-order chi connectivity index (χ1) is 8.49. The minimum atomic E-state index is -0.378. The molecule has 1 fully saturated rings. The minimum absolute atomic E-state index is 0.00468. The van der Waals surface area contributed by atoms with Gasteiger partial charge in [-0.1, -0.05) is 25.5 Å². The molecule has 0 heterocycles. The fraction of sp³-hybridized carbons (Fsp3) is 0.562. The molecule has 0 radical (unpaired) electrons. The van der Waals surface area contributed by atoms with Crippen LogP contribution in [0.5, 0.6) is 0 Å². The van der Waals surface area contributed by atoms with E-state index < -0.39 is 0 Å². The molecule has 0 bridgehead atoms. The third-order valence-electron chi connectivity index (χ3n) is 4.36. The number of halogens is 1. The maximum Gasteiger partial charge on any atom is 0.168 e. The van der Waals surface area contributed by atoms with Crippen LogP contribution in [0.15, 0.2) is 18.2 Å². The topological polar surface area (TPSA) is 17.1 Å². The van der Waals surface area contributed by atoms with Crippen LogP contribution < -0.4 is 0 Å². The van der Waals surface area contributed by atoms with Crippen molar-refractivity contribution in [1.29, 1.82) is 0 Å². The van der Waals surface area contributed by atoms with Gasteiger partial charge in [-0.3, -0.25) is 4.79 Å². The molecule has 0 spiro atoms. The van der Waals surface area contributed by atoms with Crippen LogP contribution >= 0.6 is 0 Å². The third kappa shape index (κ3) is 2.63. The van der Waals surface area contributed by atoms with Gasteiger partial charge < -0.3 is 0 Å². The summed E-state index contributed by atoms with van der Waals surface area (Å²) in [5.41, 5.74) is 1.22. The molecule has 1 saturated carbocycles. The quantitative estimate of drug-likeness (QED) is 0.709. The summed E-state index contributed by atoms with van der Waals surface area (Å²) >= 11 is 0. The van der Waals surface area contributed by atoms with Crippen molar-refractivity contribution in [3.05, 3.63) is 35.1 Å². The lowest BCUT2D eigenvalue weighted by Gasteiger charge is -2.31. The highest BCUT2D eigenvalue weighted by Crippen LogP contribution is 2.35. The molecule has 0 saturated heterocycles. The summed E-state index contributed by atoms with van der Waals surface area (Å²) in [6.45, 7) is 6.32. The fourth-order valence-electron chi connectivity index (χ4n) is 2.83. The molecule has 3 unspecified atom stereocenters. The summed E-state index contributed by atoms with van der Waals surface area (Å²) in [5.74, 6) is 0.858. The van der Waals surface area contributed by atoms with E-state index in [0.29, 0.717) is 11.8 Å². The van der Waals surface area contributed by atoms with E-state index in [1.165, 1.54) is 6.07 Å². The molecule has 1 nitrogen and oxygen atoms in total. The second-order valence-electron chi connectivity index (χ2n) is 5.81. The highest BCUT2D eigenvalue weighted by atomic mass is 19.1. The molecule has 1 aromatic rings. The van der Waals surface area contributed by atoms with Crippen LogP contribution in [0.3, 0.4) is 0 Å². The molecule has 0 N–H and O–H groups in total. The van der Waals surface area contributed by atoms with Crippen LogP contribution in [0, 0.1) is 30.5 Å². The summed E-state index contributed by atoms with van der Waals surface area (Å²) in [6, 6.07) is 4.79. The van der Waals surface area contributed by atoms with Crippen LogP contribution in [0.25, 0.3) is 0 Å². The van der Waals surface area contributed by atoms with Crippen LogP contribution in [0.1, 0.15) is 49.0 Å². The number of benzene rings is 1.